The molecule has 0 atom stereocenters. The molecule has 0 saturated heterocycles. The normalized spacial score (nSPS) is 11.0. The summed E-state index contributed by atoms with van der Waals surface area (Å²) in [5.41, 5.74) is 0. The number of nitrogens with one attached hydrogen (secondary N) is 2. The van der Waals surface area contributed by atoms with Crippen LogP contribution in [0.4, 0.5) is 11.9 Å². The Morgan fingerprint density at radius 2 is 0.867 bits per heavy atom. The first-order valence-electron chi connectivity index (χ1n) is 12.7. The van der Waals surface area contributed by atoms with Gasteiger partial charge in [0.25, 0.3) is 0 Å². The molecule has 1 heterocycles. The standard InChI is InChI=1S/C24H46ClN5/c1-3-5-7-8-9-10-11-12-13-14-15-16-17-18-19-21-27-24-29-22(25)28-23(30-24)26-20-6-4-2/h3-21H2,1-2H3,(H2,26,27,28,29,30). The SMILES string of the molecule is CCCCCCCCCCCCCCCCCNc1nc(Cl)nc(NCCCC)n1. The fourth-order valence-electron chi connectivity index (χ4n) is 3.58. The third-order valence-corrected chi connectivity index (χ3v) is 5.65. The van der Waals surface area contributed by atoms with Crippen LogP contribution in [0.15, 0.2) is 0 Å². The van der Waals surface area contributed by atoms with Gasteiger partial charge in [-0.3, -0.25) is 0 Å². The van der Waals surface area contributed by atoms with Crippen molar-refractivity contribution in [3.05, 3.63) is 5.28 Å². The van der Waals surface area contributed by atoms with Crippen LogP contribution in [-0.4, -0.2) is 28.0 Å². The summed E-state index contributed by atoms with van der Waals surface area (Å²) in [5.74, 6) is 1.13. The molecule has 0 fully saturated rings. The number of aromatic nitrogens is 3. The second kappa shape index (κ2) is 19.8. The highest BCUT2D eigenvalue weighted by molar-refractivity contribution is 6.28. The molecule has 0 radical (unpaired) electrons. The molecule has 0 aliphatic heterocycles. The van der Waals surface area contributed by atoms with Gasteiger partial charge in [-0.2, -0.15) is 15.0 Å². The van der Waals surface area contributed by atoms with Gasteiger partial charge < -0.3 is 10.6 Å². The summed E-state index contributed by atoms with van der Waals surface area (Å²) >= 11 is 6.00. The first-order valence-corrected chi connectivity index (χ1v) is 13.0. The Kier molecular flexibility index (Phi) is 17.8. The molecule has 0 aliphatic carbocycles. The van der Waals surface area contributed by atoms with E-state index < -0.39 is 0 Å². The number of halogens is 1. The number of hydrogen-bond acceptors (Lipinski definition) is 5. The number of rotatable bonds is 21. The van der Waals surface area contributed by atoms with E-state index in [0.29, 0.717) is 11.9 Å². The minimum absolute atomic E-state index is 0.239. The molecule has 0 aliphatic rings. The van der Waals surface area contributed by atoms with E-state index in [9.17, 15) is 0 Å². The predicted octanol–water partition coefficient (Wildman–Crippen LogP) is 8.02. The predicted molar refractivity (Wildman–Crippen MR) is 132 cm³/mol. The van der Waals surface area contributed by atoms with E-state index >= 15 is 0 Å². The van der Waals surface area contributed by atoms with Crippen molar-refractivity contribution in [3.63, 3.8) is 0 Å². The van der Waals surface area contributed by atoms with Crippen molar-refractivity contribution in [1.82, 2.24) is 15.0 Å². The Labute approximate surface area is 190 Å². The average Bonchev–Trinajstić information content (AvgIpc) is 2.73. The highest BCUT2D eigenvalue weighted by Crippen LogP contribution is 2.14. The van der Waals surface area contributed by atoms with Crippen LogP contribution in [0.25, 0.3) is 0 Å². The Morgan fingerprint density at radius 3 is 1.30 bits per heavy atom. The lowest BCUT2D eigenvalue weighted by molar-refractivity contribution is 0.533. The van der Waals surface area contributed by atoms with Gasteiger partial charge in [0.1, 0.15) is 0 Å². The topological polar surface area (TPSA) is 62.7 Å². The third-order valence-electron chi connectivity index (χ3n) is 5.49. The summed E-state index contributed by atoms with van der Waals surface area (Å²) in [6, 6.07) is 0. The third kappa shape index (κ3) is 15.7. The number of nitrogens with zero attached hydrogens (tertiary/aromatic N) is 3. The van der Waals surface area contributed by atoms with Gasteiger partial charge in [-0.05, 0) is 24.4 Å². The van der Waals surface area contributed by atoms with Crippen molar-refractivity contribution in [1.29, 1.82) is 0 Å². The van der Waals surface area contributed by atoms with Gasteiger partial charge in [-0.15, -0.1) is 0 Å². The van der Waals surface area contributed by atoms with E-state index in [-0.39, 0.29) is 5.28 Å². The maximum Gasteiger partial charge on any atom is 0.228 e. The van der Waals surface area contributed by atoms with Gasteiger partial charge in [0.2, 0.25) is 17.2 Å². The summed E-state index contributed by atoms with van der Waals surface area (Å²) < 4.78 is 0. The van der Waals surface area contributed by atoms with Crippen LogP contribution >= 0.6 is 11.6 Å². The monoisotopic (exact) mass is 439 g/mol. The van der Waals surface area contributed by atoms with Gasteiger partial charge in [-0.1, -0.05) is 110 Å². The van der Waals surface area contributed by atoms with E-state index in [4.69, 9.17) is 11.6 Å². The van der Waals surface area contributed by atoms with E-state index in [1.807, 2.05) is 0 Å². The Bertz CT molecular complexity index is 512. The average molecular weight is 440 g/mol. The second-order valence-electron chi connectivity index (χ2n) is 8.41. The van der Waals surface area contributed by atoms with Crippen LogP contribution in [0.2, 0.25) is 5.28 Å². The van der Waals surface area contributed by atoms with Gasteiger partial charge >= 0.3 is 0 Å². The maximum atomic E-state index is 6.00. The minimum atomic E-state index is 0.239. The molecule has 0 amide bonds. The molecule has 30 heavy (non-hydrogen) atoms. The van der Waals surface area contributed by atoms with Crippen LogP contribution in [-0.2, 0) is 0 Å². The zero-order valence-corrected chi connectivity index (χ0v) is 20.4. The number of hydrogen-bond donors (Lipinski definition) is 2. The molecule has 0 saturated carbocycles. The van der Waals surface area contributed by atoms with Crippen molar-refractivity contribution < 1.29 is 0 Å². The first-order chi connectivity index (χ1) is 14.8. The van der Waals surface area contributed by atoms with Crippen LogP contribution < -0.4 is 10.6 Å². The molecule has 0 bridgehead atoms. The summed E-state index contributed by atoms with van der Waals surface area (Å²) in [7, 11) is 0. The molecule has 2 N–H and O–H groups in total. The molecule has 1 aromatic heterocycles. The molecule has 0 spiro atoms. The molecule has 6 heteroatoms. The van der Waals surface area contributed by atoms with Crippen LogP contribution in [0, 0.1) is 0 Å². The summed E-state index contributed by atoms with van der Waals surface area (Å²) in [6.07, 6.45) is 22.9. The van der Waals surface area contributed by atoms with Crippen molar-refractivity contribution >= 4 is 23.5 Å². The lowest BCUT2D eigenvalue weighted by Crippen LogP contribution is -2.10. The Hall–Kier alpha value is -1.10. The van der Waals surface area contributed by atoms with Gasteiger partial charge in [0, 0.05) is 13.1 Å². The fraction of sp³-hybridized carbons (Fsp3) is 0.875. The zero-order valence-electron chi connectivity index (χ0n) is 19.7. The zero-order chi connectivity index (χ0) is 21.7. The summed E-state index contributed by atoms with van der Waals surface area (Å²) in [6.45, 7) is 6.18. The van der Waals surface area contributed by atoms with Crippen molar-refractivity contribution in [2.45, 2.75) is 123 Å². The van der Waals surface area contributed by atoms with Crippen LogP contribution in [0.5, 0.6) is 0 Å². The lowest BCUT2D eigenvalue weighted by atomic mass is 10.0. The van der Waals surface area contributed by atoms with Crippen LogP contribution in [0.1, 0.15) is 123 Å². The largest absolute Gasteiger partial charge is 0.354 e. The fourth-order valence-corrected chi connectivity index (χ4v) is 3.74. The van der Waals surface area contributed by atoms with Gasteiger partial charge in [0.05, 0.1) is 0 Å². The molecule has 0 unspecified atom stereocenters. The molecule has 5 nitrogen and oxygen atoms in total. The van der Waals surface area contributed by atoms with E-state index in [2.05, 4.69) is 39.4 Å². The molecule has 0 aromatic carbocycles. The number of anilines is 2. The second-order valence-corrected chi connectivity index (χ2v) is 8.75. The molecule has 1 aromatic rings. The van der Waals surface area contributed by atoms with Crippen molar-refractivity contribution in [2.75, 3.05) is 23.7 Å². The molecular formula is C24H46ClN5. The van der Waals surface area contributed by atoms with Crippen LogP contribution in [0.3, 0.4) is 0 Å². The lowest BCUT2D eigenvalue weighted by Gasteiger charge is -2.08. The van der Waals surface area contributed by atoms with Crippen molar-refractivity contribution in [2.24, 2.45) is 0 Å². The minimum Gasteiger partial charge on any atom is -0.354 e. The first kappa shape index (κ1) is 26.9. The Balaban J connectivity index is 1.92. The van der Waals surface area contributed by atoms with E-state index in [1.165, 1.54) is 89.9 Å². The summed E-state index contributed by atoms with van der Waals surface area (Å²) in [5, 5.41) is 6.71. The highest BCUT2D eigenvalue weighted by Gasteiger charge is 2.04. The summed E-state index contributed by atoms with van der Waals surface area (Å²) in [4.78, 5) is 12.7. The van der Waals surface area contributed by atoms with E-state index in [0.717, 1.165) is 32.4 Å². The van der Waals surface area contributed by atoms with Gasteiger partial charge in [0.15, 0.2) is 0 Å². The smallest absolute Gasteiger partial charge is 0.228 e. The van der Waals surface area contributed by atoms with Crippen molar-refractivity contribution in [3.8, 4) is 0 Å². The maximum absolute atomic E-state index is 6.00. The molecular weight excluding hydrogens is 394 g/mol. The molecule has 1 rings (SSSR count). The quantitative estimate of drug-likeness (QED) is 0.190. The van der Waals surface area contributed by atoms with Gasteiger partial charge in [-0.25, -0.2) is 0 Å². The molecule has 174 valence electrons. The van der Waals surface area contributed by atoms with E-state index in [1.54, 1.807) is 0 Å². The Morgan fingerprint density at radius 1 is 0.500 bits per heavy atom. The highest BCUT2D eigenvalue weighted by atomic mass is 35.5. The number of unbranched alkanes of at least 4 members (excludes halogenated alkanes) is 15.